The first-order valence-corrected chi connectivity index (χ1v) is 4.98. The number of aryl methyl sites for hydroxylation is 1. The molecule has 0 N–H and O–H groups in total. The first-order chi connectivity index (χ1) is 6.76. The molecule has 0 aliphatic heterocycles. The van der Waals surface area contributed by atoms with Crippen LogP contribution < -0.4 is 0 Å². The molecule has 0 amide bonds. The van der Waals surface area contributed by atoms with E-state index in [1.165, 1.54) is 0 Å². The van der Waals surface area contributed by atoms with Crippen LogP contribution in [0.2, 0.25) is 0 Å². The molecule has 14 heavy (non-hydrogen) atoms. The summed E-state index contributed by atoms with van der Waals surface area (Å²) >= 11 is 0. The summed E-state index contributed by atoms with van der Waals surface area (Å²) in [5, 5.41) is 7.92. The van der Waals surface area contributed by atoms with Crippen LogP contribution in [0, 0.1) is 0 Å². The highest BCUT2D eigenvalue weighted by Gasteiger charge is 1.99. The van der Waals surface area contributed by atoms with Crippen molar-refractivity contribution < 1.29 is 0 Å². The average Bonchev–Trinajstić information content (AvgIpc) is 2.65. The summed E-state index contributed by atoms with van der Waals surface area (Å²) in [5.41, 5.74) is 1.04. The smallest absolute Gasteiger partial charge is 0.0832 e. The molecule has 0 fully saturated rings. The van der Waals surface area contributed by atoms with Gasteiger partial charge in [0.2, 0.25) is 0 Å². The summed E-state index contributed by atoms with van der Waals surface area (Å²) in [5.74, 6) is 0. The van der Waals surface area contributed by atoms with Crippen molar-refractivity contribution in [3.8, 4) is 0 Å². The van der Waals surface area contributed by atoms with Crippen LogP contribution in [0.1, 0.15) is 19.0 Å². The van der Waals surface area contributed by atoms with Gasteiger partial charge in [0, 0.05) is 6.20 Å². The van der Waals surface area contributed by atoms with Crippen LogP contribution in [0.3, 0.4) is 0 Å². The monoisotopic (exact) mass is 194 g/mol. The minimum atomic E-state index is 0.984. The second-order valence-electron chi connectivity index (χ2n) is 3.37. The molecule has 0 aliphatic carbocycles. The highest BCUT2D eigenvalue weighted by molar-refractivity contribution is 5.13. The topological polar surface area (TPSA) is 34.0 Å². The van der Waals surface area contributed by atoms with Crippen LogP contribution in [0.25, 0.3) is 6.20 Å². The van der Waals surface area contributed by atoms with Gasteiger partial charge in [0.1, 0.15) is 0 Å². The van der Waals surface area contributed by atoms with E-state index >= 15 is 0 Å². The number of aromatic nitrogens is 3. The molecule has 0 spiro atoms. The normalized spacial score (nSPS) is 10.8. The zero-order valence-electron chi connectivity index (χ0n) is 8.98. The molecule has 0 bridgehead atoms. The minimum Gasteiger partial charge on any atom is -0.307 e. The molecule has 0 radical (unpaired) electrons. The van der Waals surface area contributed by atoms with E-state index in [2.05, 4.69) is 35.8 Å². The molecule has 0 aromatic carbocycles. The number of rotatable bonds is 6. The van der Waals surface area contributed by atoms with Crippen molar-refractivity contribution >= 4 is 6.20 Å². The Balaban J connectivity index is 2.27. The fraction of sp³-hybridized carbons (Fsp3) is 0.600. The van der Waals surface area contributed by atoms with Gasteiger partial charge in [-0.2, -0.15) is 0 Å². The van der Waals surface area contributed by atoms with Gasteiger partial charge < -0.3 is 4.90 Å². The lowest BCUT2D eigenvalue weighted by atomic mass is 10.2. The zero-order valence-corrected chi connectivity index (χ0v) is 8.98. The molecule has 0 saturated carbocycles. The van der Waals surface area contributed by atoms with Crippen LogP contribution in [0.4, 0.5) is 0 Å². The lowest BCUT2D eigenvalue weighted by Gasteiger charge is -2.12. The average molecular weight is 194 g/mol. The van der Waals surface area contributed by atoms with Gasteiger partial charge in [-0.15, -0.1) is 5.10 Å². The molecule has 1 aromatic heterocycles. The molecule has 4 nitrogen and oxygen atoms in total. The third-order valence-corrected chi connectivity index (χ3v) is 2.26. The summed E-state index contributed by atoms with van der Waals surface area (Å²) in [4.78, 5) is 2.29. The third kappa shape index (κ3) is 3.30. The Morgan fingerprint density at radius 1 is 1.64 bits per heavy atom. The van der Waals surface area contributed by atoms with Gasteiger partial charge in [-0.05, 0) is 33.0 Å². The summed E-state index contributed by atoms with van der Waals surface area (Å²) in [6.07, 6.45) is 5.67. The number of nitrogens with zero attached hydrogens (tertiary/aromatic N) is 4. The van der Waals surface area contributed by atoms with Crippen LogP contribution in [0.15, 0.2) is 12.8 Å². The van der Waals surface area contributed by atoms with E-state index < -0.39 is 0 Å². The quantitative estimate of drug-likeness (QED) is 0.683. The summed E-state index contributed by atoms with van der Waals surface area (Å²) in [6.45, 7) is 7.98. The maximum absolute atomic E-state index is 4.03. The van der Waals surface area contributed by atoms with E-state index in [4.69, 9.17) is 0 Å². The standard InChI is InChI=1S/C10H18N4/c1-4-13(3)8-6-7-10-9-14(5-2)12-11-10/h5,9H,2,4,6-8H2,1,3H3. The molecule has 0 unspecified atom stereocenters. The number of hydrogen-bond donors (Lipinski definition) is 0. The predicted molar refractivity (Wildman–Crippen MR) is 57.9 cm³/mol. The maximum atomic E-state index is 4.03. The van der Waals surface area contributed by atoms with Gasteiger partial charge in [-0.3, -0.25) is 0 Å². The van der Waals surface area contributed by atoms with Crippen molar-refractivity contribution in [2.75, 3.05) is 20.1 Å². The maximum Gasteiger partial charge on any atom is 0.0832 e. The molecule has 78 valence electrons. The van der Waals surface area contributed by atoms with Crippen LogP contribution in [-0.4, -0.2) is 40.0 Å². The lowest BCUT2D eigenvalue weighted by Crippen LogP contribution is -2.19. The largest absolute Gasteiger partial charge is 0.307 e. The Morgan fingerprint density at radius 2 is 2.43 bits per heavy atom. The Hall–Kier alpha value is -1.16. The summed E-state index contributed by atoms with van der Waals surface area (Å²) < 4.78 is 1.64. The van der Waals surface area contributed by atoms with Crippen LogP contribution in [0.5, 0.6) is 0 Å². The fourth-order valence-electron chi connectivity index (χ4n) is 1.21. The van der Waals surface area contributed by atoms with Crippen molar-refractivity contribution in [1.82, 2.24) is 19.9 Å². The van der Waals surface area contributed by atoms with Crippen molar-refractivity contribution in [3.63, 3.8) is 0 Å². The molecule has 0 saturated heterocycles. The third-order valence-electron chi connectivity index (χ3n) is 2.26. The molecule has 0 aliphatic rings. The molecule has 4 heteroatoms. The van der Waals surface area contributed by atoms with Crippen LogP contribution in [-0.2, 0) is 6.42 Å². The molecule has 1 rings (SSSR count). The Bertz CT molecular complexity index is 279. The zero-order chi connectivity index (χ0) is 10.4. The van der Waals surface area contributed by atoms with E-state index in [9.17, 15) is 0 Å². The molecule has 1 aromatic rings. The van der Waals surface area contributed by atoms with Gasteiger partial charge in [0.25, 0.3) is 0 Å². The minimum absolute atomic E-state index is 0.984. The second-order valence-corrected chi connectivity index (χ2v) is 3.37. The first kappa shape index (κ1) is 10.9. The summed E-state index contributed by atoms with van der Waals surface area (Å²) in [7, 11) is 2.13. The molecular formula is C10H18N4. The van der Waals surface area contributed by atoms with Crippen molar-refractivity contribution in [2.45, 2.75) is 19.8 Å². The van der Waals surface area contributed by atoms with E-state index in [-0.39, 0.29) is 0 Å². The van der Waals surface area contributed by atoms with Crippen molar-refractivity contribution in [1.29, 1.82) is 0 Å². The van der Waals surface area contributed by atoms with Crippen molar-refractivity contribution in [2.24, 2.45) is 0 Å². The summed E-state index contributed by atoms with van der Waals surface area (Å²) in [6, 6.07) is 0. The number of hydrogen-bond acceptors (Lipinski definition) is 3. The SMILES string of the molecule is C=Cn1cc(CCCN(C)CC)nn1. The highest BCUT2D eigenvalue weighted by Crippen LogP contribution is 1.99. The first-order valence-electron chi connectivity index (χ1n) is 4.98. The second kappa shape index (κ2) is 5.54. The van der Waals surface area contributed by atoms with E-state index in [1.54, 1.807) is 10.9 Å². The van der Waals surface area contributed by atoms with Gasteiger partial charge in [-0.25, -0.2) is 4.68 Å². The Labute approximate surface area is 85.2 Å². The van der Waals surface area contributed by atoms with Gasteiger partial charge >= 0.3 is 0 Å². The van der Waals surface area contributed by atoms with Crippen LogP contribution >= 0.6 is 0 Å². The van der Waals surface area contributed by atoms with E-state index in [0.29, 0.717) is 0 Å². The predicted octanol–water partition coefficient (Wildman–Crippen LogP) is 1.26. The van der Waals surface area contributed by atoms with Gasteiger partial charge in [0.05, 0.1) is 11.9 Å². The van der Waals surface area contributed by atoms with Crippen molar-refractivity contribution in [3.05, 3.63) is 18.5 Å². The van der Waals surface area contributed by atoms with Gasteiger partial charge in [-0.1, -0.05) is 18.7 Å². The van der Waals surface area contributed by atoms with E-state index in [1.807, 2.05) is 6.20 Å². The molecule has 0 atom stereocenters. The fourth-order valence-corrected chi connectivity index (χ4v) is 1.21. The molecule has 1 heterocycles. The Kier molecular flexibility index (Phi) is 4.32. The van der Waals surface area contributed by atoms with E-state index in [0.717, 1.165) is 31.6 Å². The van der Waals surface area contributed by atoms with Gasteiger partial charge in [0.15, 0.2) is 0 Å². The Morgan fingerprint density at radius 3 is 3.00 bits per heavy atom. The highest BCUT2D eigenvalue weighted by atomic mass is 15.4. The lowest BCUT2D eigenvalue weighted by molar-refractivity contribution is 0.347. The molecular weight excluding hydrogens is 176 g/mol.